The lowest BCUT2D eigenvalue weighted by atomic mass is 9.91. The maximum Gasteiger partial charge on any atom is 0.154 e. The van der Waals surface area contributed by atoms with Crippen molar-refractivity contribution in [2.75, 3.05) is 12.8 Å². The quantitative estimate of drug-likeness (QED) is 0.835. The van der Waals surface area contributed by atoms with Crippen molar-refractivity contribution in [1.29, 1.82) is 0 Å². The van der Waals surface area contributed by atoms with E-state index in [0.29, 0.717) is 5.92 Å². The fourth-order valence-corrected chi connectivity index (χ4v) is 3.08. The molecule has 0 aliphatic heterocycles. The van der Waals surface area contributed by atoms with Crippen LogP contribution >= 0.6 is 0 Å². The van der Waals surface area contributed by atoms with Crippen LogP contribution in [0, 0.1) is 0 Å². The Morgan fingerprint density at radius 1 is 1.10 bits per heavy atom. The van der Waals surface area contributed by atoms with Gasteiger partial charge in [0.05, 0.1) is 10.8 Å². The third-order valence-electron chi connectivity index (χ3n) is 4.51. The minimum Gasteiger partial charge on any atom is -0.309 e. The van der Waals surface area contributed by atoms with Crippen LogP contribution in [0.15, 0.2) is 24.3 Å². The summed E-state index contributed by atoms with van der Waals surface area (Å²) in [5, 5.41) is 3.33. The molecule has 0 radical (unpaired) electrons. The molecule has 21 heavy (non-hydrogen) atoms. The topological polar surface area (TPSA) is 46.2 Å². The lowest BCUT2D eigenvalue weighted by Gasteiger charge is -2.34. The van der Waals surface area contributed by atoms with Gasteiger partial charge in [-0.25, -0.2) is 8.42 Å². The molecule has 4 heteroatoms. The van der Waals surface area contributed by atoms with Crippen molar-refractivity contribution in [2.45, 2.75) is 57.7 Å². The Morgan fingerprint density at radius 2 is 1.57 bits per heavy atom. The Labute approximate surface area is 130 Å². The summed E-state index contributed by atoms with van der Waals surface area (Å²) < 4.78 is 23.4. The van der Waals surface area contributed by atoms with Gasteiger partial charge in [0.25, 0.3) is 0 Å². The first-order valence-corrected chi connectivity index (χ1v) is 9.57. The van der Waals surface area contributed by atoms with Crippen molar-refractivity contribution >= 4 is 9.84 Å². The average molecular weight is 311 g/mol. The van der Waals surface area contributed by atoms with E-state index in [1.807, 2.05) is 6.92 Å². The van der Waals surface area contributed by atoms with Gasteiger partial charge < -0.3 is 5.32 Å². The molecule has 1 N–H and O–H groups in total. The molecule has 0 saturated heterocycles. The van der Waals surface area contributed by atoms with E-state index in [0.717, 1.165) is 18.5 Å². The number of hydrogen-bond acceptors (Lipinski definition) is 3. The smallest absolute Gasteiger partial charge is 0.154 e. The van der Waals surface area contributed by atoms with Crippen molar-refractivity contribution < 1.29 is 8.42 Å². The molecule has 120 valence electrons. The van der Waals surface area contributed by atoms with Crippen molar-refractivity contribution in [3.63, 3.8) is 0 Å². The molecule has 0 aliphatic carbocycles. The zero-order valence-electron chi connectivity index (χ0n) is 14.1. The molecule has 2 atom stereocenters. The van der Waals surface area contributed by atoms with E-state index < -0.39 is 14.6 Å². The molecule has 1 rings (SSSR count). The SMILES string of the molecule is CCNC(c1ccc(C(C)CC)cc1)C(C)(C)S(C)(=O)=O. The summed E-state index contributed by atoms with van der Waals surface area (Å²) in [6.45, 7) is 10.7. The summed E-state index contributed by atoms with van der Waals surface area (Å²) in [5.41, 5.74) is 2.33. The first-order valence-electron chi connectivity index (χ1n) is 7.68. The van der Waals surface area contributed by atoms with Crippen LogP contribution < -0.4 is 5.32 Å². The third-order valence-corrected chi connectivity index (χ3v) is 6.66. The van der Waals surface area contributed by atoms with Crippen molar-refractivity contribution in [1.82, 2.24) is 5.32 Å². The van der Waals surface area contributed by atoms with Crippen LogP contribution in [0.4, 0.5) is 0 Å². The van der Waals surface area contributed by atoms with E-state index in [-0.39, 0.29) is 6.04 Å². The van der Waals surface area contributed by atoms with E-state index in [4.69, 9.17) is 0 Å². The monoisotopic (exact) mass is 311 g/mol. The van der Waals surface area contributed by atoms with Crippen LogP contribution in [0.1, 0.15) is 64.1 Å². The number of benzene rings is 1. The molecular weight excluding hydrogens is 282 g/mol. The van der Waals surface area contributed by atoms with Crippen LogP contribution in [0.25, 0.3) is 0 Å². The Morgan fingerprint density at radius 3 is 1.95 bits per heavy atom. The Kier molecular flexibility index (Phi) is 6.00. The van der Waals surface area contributed by atoms with Crippen molar-refractivity contribution in [3.05, 3.63) is 35.4 Å². The molecule has 0 saturated carbocycles. The molecule has 0 aliphatic rings. The lowest BCUT2D eigenvalue weighted by Crippen LogP contribution is -2.45. The maximum atomic E-state index is 12.1. The van der Waals surface area contributed by atoms with Gasteiger partial charge in [-0.2, -0.15) is 0 Å². The van der Waals surface area contributed by atoms with Crippen LogP contribution in [-0.2, 0) is 9.84 Å². The molecule has 0 heterocycles. The minimum absolute atomic E-state index is 0.205. The molecule has 1 aromatic rings. The molecule has 0 amide bonds. The molecule has 0 fully saturated rings. The Balaban J connectivity index is 3.18. The number of sulfone groups is 1. The predicted octanol–water partition coefficient (Wildman–Crippen LogP) is 3.67. The summed E-state index contributed by atoms with van der Waals surface area (Å²) in [4.78, 5) is 0. The largest absolute Gasteiger partial charge is 0.309 e. The zero-order chi connectivity index (χ0) is 16.3. The first-order chi connectivity index (χ1) is 9.65. The van der Waals surface area contributed by atoms with Gasteiger partial charge in [0.1, 0.15) is 0 Å². The molecule has 2 unspecified atom stereocenters. The first kappa shape index (κ1) is 18.2. The van der Waals surface area contributed by atoms with Gasteiger partial charge in [0, 0.05) is 6.26 Å². The van der Waals surface area contributed by atoms with Gasteiger partial charge in [-0.15, -0.1) is 0 Å². The average Bonchev–Trinajstić information content (AvgIpc) is 2.42. The molecule has 0 bridgehead atoms. The van der Waals surface area contributed by atoms with E-state index >= 15 is 0 Å². The Hall–Kier alpha value is -0.870. The van der Waals surface area contributed by atoms with Gasteiger partial charge in [0.15, 0.2) is 9.84 Å². The summed E-state index contributed by atoms with van der Waals surface area (Å²) in [7, 11) is -3.17. The highest BCUT2D eigenvalue weighted by atomic mass is 32.2. The van der Waals surface area contributed by atoms with E-state index in [2.05, 4.69) is 43.4 Å². The van der Waals surface area contributed by atoms with Gasteiger partial charge in [0.2, 0.25) is 0 Å². The highest BCUT2D eigenvalue weighted by Gasteiger charge is 2.39. The fourth-order valence-electron chi connectivity index (χ4n) is 2.44. The summed E-state index contributed by atoms with van der Waals surface area (Å²) in [5.74, 6) is 0.527. The third kappa shape index (κ3) is 4.07. The maximum absolute atomic E-state index is 12.1. The highest BCUT2D eigenvalue weighted by molar-refractivity contribution is 7.92. The number of hydrogen-bond donors (Lipinski definition) is 1. The standard InChI is InChI=1S/C17H29NO2S/c1-7-13(3)14-9-11-15(12-10-14)16(18-8-2)17(4,5)21(6,19)20/h9-13,16,18H,7-8H2,1-6H3. The second-order valence-electron chi connectivity index (χ2n) is 6.34. The summed E-state index contributed by atoms with van der Waals surface area (Å²) in [6.07, 6.45) is 2.41. The fraction of sp³-hybridized carbons (Fsp3) is 0.647. The normalized spacial score (nSPS) is 15.7. The highest BCUT2D eigenvalue weighted by Crippen LogP contribution is 2.33. The number of nitrogens with one attached hydrogen (secondary N) is 1. The molecule has 0 aromatic heterocycles. The predicted molar refractivity (Wildman–Crippen MR) is 90.5 cm³/mol. The summed E-state index contributed by atoms with van der Waals surface area (Å²) in [6, 6.07) is 8.14. The van der Waals surface area contributed by atoms with Gasteiger partial charge in [-0.3, -0.25) is 0 Å². The minimum atomic E-state index is -3.17. The van der Waals surface area contributed by atoms with Crippen LogP contribution in [-0.4, -0.2) is 26.0 Å². The Bertz CT molecular complexity index is 547. The van der Waals surface area contributed by atoms with Crippen molar-refractivity contribution in [2.24, 2.45) is 0 Å². The van der Waals surface area contributed by atoms with Gasteiger partial charge in [-0.1, -0.05) is 45.0 Å². The van der Waals surface area contributed by atoms with E-state index in [1.165, 1.54) is 11.8 Å². The molecular formula is C17H29NO2S. The van der Waals surface area contributed by atoms with E-state index in [9.17, 15) is 8.42 Å². The van der Waals surface area contributed by atoms with Crippen LogP contribution in [0.5, 0.6) is 0 Å². The molecule has 0 spiro atoms. The van der Waals surface area contributed by atoms with Gasteiger partial charge >= 0.3 is 0 Å². The zero-order valence-corrected chi connectivity index (χ0v) is 14.9. The molecule has 3 nitrogen and oxygen atoms in total. The second-order valence-corrected chi connectivity index (χ2v) is 8.94. The number of rotatable bonds is 7. The van der Waals surface area contributed by atoms with Crippen LogP contribution in [0.3, 0.4) is 0 Å². The van der Waals surface area contributed by atoms with Gasteiger partial charge in [-0.05, 0) is 43.9 Å². The lowest BCUT2D eigenvalue weighted by molar-refractivity contribution is 0.428. The summed E-state index contributed by atoms with van der Waals surface area (Å²) >= 11 is 0. The van der Waals surface area contributed by atoms with Crippen LogP contribution in [0.2, 0.25) is 0 Å². The molecule has 1 aromatic carbocycles. The second kappa shape index (κ2) is 6.93. The van der Waals surface area contributed by atoms with E-state index in [1.54, 1.807) is 13.8 Å². The van der Waals surface area contributed by atoms with Crippen molar-refractivity contribution in [3.8, 4) is 0 Å².